The second-order valence-corrected chi connectivity index (χ2v) is 4.68. The van der Waals surface area contributed by atoms with E-state index in [0.717, 1.165) is 12.8 Å². The molecule has 0 unspecified atom stereocenters. The van der Waals surface area contributed by atoms with Gasteiger partial charge in [0.1, 0.15) is 0 Å². The molecule has 1 N–H and O–H groups in total. The quantitative estimate of drug-likeness (QED) is 0.561. The Morgan fingerprint density at radius 3 is 2.77 bits per heavy atom. The molecule has 0 amide bonds. The smallest absolute Gasteiger partial charge is 0.0642 e. The maximum Gasteiger partial charge on any atom is 0.0642 e. The maximum atomic E-state index is 10.1. The lowest BCUT2D eigenvalue weighted by Crippen LogP contribution is -2.53. The fourth-order valence-corrected chi connectivity index (χ4v) is 3.42. The van der Waals surface area contributed by atoms with Gasteiger partial charge in [-0.05, 0) is 31.1 Å². The van der Waals surface area contributed by atoms with Crippen LogP contribution in [0.3, 0.4) is 0 Å². The summed E-state index contributed by atoms with van der Waals surface area (Å²) < 4.78 is 0. The zero-order valence-electron chi connectivity index (χ0n) is 7.82. The van der Waals surface area contributed by atoms with E-state index in [9.17, 15) is 5.11 Å². The average molecular weight is 176 g/mol. The minimum absolute atomic E-state index is 0.0776. The molecule has 0 aromatic carbocycles. The zero-order chi connectivity index (χ0) is 8.89. The Kier molecular flexibility index (Phi) is 1.49. The number of aliphatic hydroxyl groups is 1. The van der Waals surface area contributed by atoms with E-state index < -0.39 is 0 Å². The van der Waals surface area contributed by atoms with Crippen molar-refractivity contribution in [2.24, 2.45) is 17.3 Å². The summed E-state index contributed by atoms with van der Waals surface area (Å²) in [5.74, 6) is 1.26. The summed E-state index contributed by atoms with van der Waals surface area (Å²) in [6.07, 6.45) is 13.7. The van der Waals surface area contributed by atoms with Crippen LogP contribution < -0.4 is 0 Å². The summed E-state index contributed by atoms with van der Waals surface area (Å²) in [5, 5.41) is 10.1. The van der Waals surface area contributed by atoms with Gasteiger partial charge in [0, 0.05) is 5.41 Å². The van der Waals surface area contributed by atoms with Gasteiger partial charge in [-0.25, -0.2) is 0 Å². The molecule has 1 nitrogen and oxygen atoms in total. The Morgan fingerprint density at radius 2 is 2.08 bits per heavy atom. The molecular weight excluding hydrogens is 160 g/mol. The molecule has 0 aliphatic heterocycles. The van der Waals surface area contributed by atoms with Crippen molar-refractivity contribution in [3.05, 3.63) is 24.3 Å². The van der Waals surface area contributed by atoms with Gasteiger partial charge in [0.15, 0.2) is 0 Å². The summed E-state index contributed by atoms with van der Waals surface area (Å²) in [6.45, 7) is 0. The van der Waals surface area contributed by atoms with Gasteiger partial charge in [-0.15, -0.1) is 0 Å². The van der Waals surface area contributed by atoms with Crippen LogP contribution in [0.1, 0.15) is 25.7 Å². The molecule has 0 heterocycles. The van der Waals surface area contributed by atoms with Gasteiger partial charge >= 0.3 is 0 Å². The summed E-state index contributed by atoms with van der Waals surface area (Å²) >= 11 is 0. The van der Waals surface area contributed by atoms with Gasteiger partial charge in [-0.2, -0.15) is 0 Å². The number of hydrogen-bond donors (Lipinski definition) is 1. The van der Waals surface area contributed by atoms with Crippen LogP contribution in [0.4, 0.5) is 0 Å². The molecule has 0 bridgehead atoms. The van der Waals surface area contributed by atoms with Gasteiger partial charge in [0.2, 0.25) is 0 Å². The fraction of sp³-hybridized carbons (Fsp3) is 0.667. The van der Waals surface area contributed by atoms with Crippen molar-refractivity contribution >= 4 is 0 Å². The summed E-state index contributed by atoms with van der Waals surface area (Å²) in [6, 6.07) is 0. The van der Waals surface area contributed by atoms with Crippen LogP contribution in [-0.4, -0.2) is 11.2 Å². The first-order valence-corrected chi connectivity index (χ1v) is 5.38. The largest absolute Gasteiger partial charge is 0.392 e. The van der Waals surface area contributed by atoms with E-state index in [0.29, 0.717) is 11.8 Å². The first-order chi connectivity index (χ1) is 6.34. The molecule has 3 aliphatic rings. The molecule has 1 saturated carbocycles. The molecule has 0 saturated heterocycles. The lowest BCUT2D eigenvalue weighted by Gasteiger charge is -2.55. The van der Waals surface area contributed by atoms with Gasteiger partial charge in [0.05, 0.1) is 6.10 Å². The molecule has 1 spiro atoms. The molecule has 70 valence electrons. The molecule has 0 aromatic rings. The third-order valence-corrected chi connectivity index (χ3v) is 4.23. The lowest BCUT2D eigenvalue weighted by molar-refractivity contribution is -0.0510. The Labute approximate surface area is 79.2 Å². The third kappa shape index (κ3) is 0.812. The van der Waals surface area contributed by atoms with E-state index in [2.05, 4.69) is 24.3 Å². The average Bonchev–Trinajstić information content (AvgIpc) is 2.09. The van der Waals surface area contributed by atoms with Crippen molar-refractivity contribution in [1.29, 1.82) is 0 Å². The van der Waals surface area contributed by atoms with Gasteiger partial charge in [0.25, 0.3) is 0 Å². The molecule has 0 aromatic heterocycles. The van der Waals surface area contributed by atoms with E-state index in [-0.39, 0.29) is 11.5 Å². The monoisotopic (exact) mass is 176 g/mol. The van der Waals surface area contributed by atoms with Crippen molar-refractivity contribution in [3.8, 4) is 0 Å². The number of aliphatic hydroxyl groups excluding tert-OH is 1. The predicted octanol–water partition coefficient (Wildman–Crippen LogP) is 2.28. The number of allylic oxidation sites excluding steroid dienone is 3. The van der Waals surface area contributed by atoms with Crippen LogP contribution >= 0.6 is 0 Å². The van der Waals surface area contributed by atoms with Crippen molar-refractivity contribution in [3.63, 3.8) is 0 Å². The van der Waals surface area contributed by atoms with Crippen molar-refractivity contribution in [1.82, 2.24) is 0 Å². The minimum atomic E-state index is -0.0776. The van der Waals surface area contributed by atoms with Crippen LogP contribution in [0.25, 0.3) is 0 Å². The first-order valence-electron chi connectivity index (χ1n) is 5.38. The van der Waals surface area contributed by atoms with Crippen LogP contribution in [0.5, 0.6) is 0 Å². The van der Waals surface area contributed by atoms with E-state index in [1.807, 2.05) is 0 Å². The molecule has 1 fully saturated rings. The zero-order valence-corrected chi connectivity index (χ0v) is 7.82. The van der Waals surface area contributed by atoms with Crippen LogP contribution in [0, 0.1) is 17.3 Å². The van der Waals surface area contributed by atoms with Crippen LogP contribution in [0.2, 0.25) is 0 Å². The highest BCUT2D eigenvalue weighted by molar-refractivity contribution is 5.30. The van der Waals surface area contributed by atoms with Crippen LogP contribution in [0.15, 0.2) is 24.3 Å². The van der Waals surface area contributed by atoms with Crippen molar-refractivity contribution in [2.45, 2.75) is 31.8 Å². The van der Waals surface area contributed by atoms with E-state index in [1.165, 1.54) is 12.8 Å². The maximum absolute atomic E-state index is 10.1. The van der Waals surface area contributed by atoms with Gasteiger partial charge in [-0.1, -0.05) is 30.7 Å². The first kappa shape index (κ1) is 7.81. The Hall–Kier alpha value is -0.560. The Balaban J connectivity index is 2.02. The third-order valence-electron chi connectivity index (χ3n) is 4.23. The van der Waals surface area contributed by atoms with Gasteiger partial charge < -0.3 is 5.11 Å². The SMILES string of the molecule is O[C@@H]1CCC[C@@H]2C=CC[C@H]3C=C[C@]132. The normalized spacial score (nSPS) is 52.2. The number of rotatable bonds is 0. The lowest BCUT2D eigenvalue weighted by atomic mass is 9.50. The molecule has 0 radical (unpaired) electrons. The Morgan fingerprint density at radius 1 is 1.15 bits per heavy atom. The fourth-order valence-electron chi connectivity index (χ4n) is 3.42. The van der Waals surface area contributed by atoms with E-state index >= 15 is 0 Å². The Bertz CT molecular complexity index is 279. The van der Waals surface area contributed by atoms with Crippen LogP contribution in [-0.2, 0) is 0 Å². The molecule has 3 rings (SSSR count). The highest BCUT2D eigenvalue weighted by Crippen LogP contribution is 2.57. The molecule has 1 heteroatoms. The molecule has 4 atom stereocenters. The molecular formula is C12H16O. The second-order valence-electron chi connectivity index (χ2n) is 4.68. The molecule has 13 heavy (non-hydrogen) atoms. The summed E-state index contributed by atoms with van der Waals surface area (Å²) in [7, 11) is 0. The summed E-state index contributed by atoms with van der Waals surface area (Å²) in [5.41, 5.74) is 0.160. The predicted molar refractivity (Wildman–Crippen MR) is 52.2 cm³/mol. The molecule has 3 aliphatic carbocycles. The standard InChI is InChI=1S/C12H16O/c13-11-6-2-5-9-3-1-4-10-7-8-12(9,10)11/h1,3,7-11,13H,2,4-6H2/t9-,10-,11+,12+/m0/s1. The topological polar surface area (TPSA) is 20.2 Å². The second kappa shape index (κ2) is 2.48. The minimum Gasteiger partial charge on any atom is -0.392 e. The number of hydrogen-bond acceptors (Lipinski definition) is 1. The summed E-state index contributed by atoms with van der Waals surface area (Å²) in [4.78, 5) is 0. The van der Waals surface area contributed by atoms with Crippen molar-refractivity contribution < 1.29 is 5.11 Å². The van der Waals surface area contributed by atoms with E-state index in [4.69, 9.17) is 0 Å². The van der Waals surface area contributed by atoms with Gasteiger partial charge in [-0.3, -0.25) is 0 Å². The van der Waals surface area contributed by atoms with Crippen molar-refractivity contribution in [2.75, 3.05) is 0 Å². The highest BCUT2D eigenvalue weighted by atomic mass is 16.3. The highest BCUT2D eigenvalue weighted by Gasteiger charge is 2.53. The van der Waals surface area contributed by atoms with E-state index in [1.54, 1.807) is 0 Å².